The Hall–Kier alpha value is -3.84. The van der Waals surface area contributed by atoms with Crippen LogP contribution in [-0.4, -0.2) is 53.0 Å². The molecule has 3 heterocycles. The molecule has 0 aliphatic carbocycles. The SMILES string of the molecule is Cc1cc(C(=O)NCCN2CCCC2)c(/C=C2\C(=O)Nc3cccc(-c4cccc(O)c4)c32)[nH]1. The second-order valence-corrected chi connectivity index (χ2v) is 8.87. The molecule has 4 N–H and O–H groups in total. The van der Waals surface area contributed by atoms with E-state index in [9.17, 15) is 14.7 Å². The lowest BCUT2D eigenvalue weighted by Gasteiger charge is -2.14. The first-order valence-electron chi connectivity index (χ1n) is 11.7. The number of anilines is 1. The number of amides is 2. The molecule has 0 atom stereocenters. The molecule has 2 aliphatic heterocycles. The second kappa shape index (κ2) is 9.19. The van der Waals surface area contributed by atoms with Crippen molar-refractivity contribution in [1.82, 2.24) is 15.2 Å². The third kappa shape index (κ3) is 4.34. The summed E-state index contributed by atoms with van der Waals surface area (Å²) in [6, 6.07) is 14.4. The lowest BCUT2D eigenvalue weighted by Crippen LogP contribution is -2.33. The smallest absolute Gasteiger partial charge is 0.256 e. The highest BCUT2D eigenvalue weighted by atomic mass is 16.3. The van der Waals surface area contributed by atoms with Crippen molar-refractivity contribution >= 4 is 29.2 Å². The van der Waals surface area contributed by atoms with Gasteiger partial charge >= 0.3 is 0 Å². The lowest BCUT2D eigenvalue weighted by molar-refractivity contribution is -0.110. The highest BCUT2D eigenvalue weighted by molar-refractivity contribution is 6.36. The molecule has 5 rings (SSSR count). The number of aromatic nitrogens is 1. The molecule has 34 heavy (non-hydrogen) atoms. The minimum absolute atomic E-state index is 0.157. The van der Waals surface area contributed by atoms with Gasteiger partial charge in [-0.2, -0.15) is 0 Å². The Balaban J connectivity index is 1.46. The van der Waals surface area contributed by atoms with Crippen LogP contribution in [0.1, 0.15) is 40.2 Å². The van der Waals surface area contributed by atoms with Gasteiger partial charge in [0, 0.05) is 30.0 Å². The normalized spacial score (nSPS) is 16.6. The average Bonchev–Trinajstić information content (AvgIpc) is 3.53. The maximum absolute atomic E-state index is 13.0. The summed E-state index contributed by atoms with van der Waals surface area (Å²) < 4.78 is 0. The number of hydrogen-bond donors (Lipinski definition) is 4. The van der Waals surface area contributed by atoms with E-state index in [1.807, 2.05) is 37.3 Å². The summed E-state index contributed by atoms with van der Waals surface area (Å²) in [5.41, 5.74) is 5.53. The molecule has 174 valence electrons. The third-order valence-electron chi connectivity index (χ3n) is 6.41. The summed E-state index contributed by atoms with van der Waals surface area (Å²) in [4.78, 5) is 31.5. The fourth-order valence-corrected chi connectivity index (χ4v) is 4.79. The molecule has 2 aromatic carbocycles. The van der Waals surface area contributed by atoms with Crippen LogP contribution in [0.15, 0.2) is 48.5 Å². The zero-order valence-corrected chi connectivity index (χ0v) is 19.1. The van der Waals surface area contributed by atoms with E-state index < -0.39 is 0 Å². The number of aromatic amines is 1. The molecule has 7 heteroatoms. The van der Waals surface area contributed by atoms with Crippen LogP contribution in [0, 0.1) is 6.92 Å². The lowest BCUT2D eigenvalue weighted by atomic mass is 9.94. The third-order valence-corrected chi connectivity index (χ3v) is 6.41. The summed E-state index contributed by atoms with van der Waals surface area (Å²) in [7, 11) is 0. The number of benzene rings is 2. The summed E-state index contributed by atoms with van der Waals surface area (Å²) in [6.07, 6.45) is 4.18. The molecule has 2 amide bonds. The van der Waals surface area contributed by atoms with Gasteiger partial charge in [-0.1, -0.05) is 24.3 Å². The first kappa shape index (κ1) is 22.0. The van der Waals surface area contributed by atoms with Gasteiger partial charge < -0.3 is 25.6 Å². The van der Waals surface area contributed by atoms with E-state index in [0.29, 0.717) is 29.1 Å². The molecule has 0 unspecified atom stereocenters. The Bertz CT molecular complexity index is 1280. The number of aryl methyl sites for hydroxylation is 1. The van der Waals surface area contributed by atoms with Crippen molar-refractivity contribution in [1.29, 1.82) is 0 Å². The van der Waals surface area contributed by atoms with Crippen molar-refractivity contribution in [3.63, 3.8) is 0 Å². The molecule has 0 radical (unpaired) electrons. The standard InChI is InChI=1S/C27H28N4O3/c1-17-14-21(26(33)28-10-13-31-11-2-3-12-31)24(29-17)16-22-25-20(18-6-4-7-19(32)15-18)8-5-9-23(25)30-27(22)34/h4-9,14-16,29,32H,2-3,10-13H2,1H3,(H,28,33)(H,30,34)/b22-16-. The van der Waals surface area contributed by atoms with Crippen LogP contribution in [0.2, 0.25) is 0 Å². The number of rotatable bonds is 6. The van der Waals surface area contributed by atoms with E-state index in [0.717, 1.165) is 42.0 Å². The highest BCUT2D eigenvalue weighted by Crippen LogP contribution is 2.41. The number of phenols is 1. The van der Waals surface area contributed by atoms with Gasteiger partial charge in [-0.25, -0.2) is 0 Å². The number of nitrogens with one attached hydrogen (secondary N) is 3. The van der Waals surface area contributed by atoms with Crippen LogP contribution < -0.4 is 10.6 Å². The van der Waals surface area contributed by atoms with Crippen molar-refractivity contribution < 1.29 is 14.7 Å². The van der Waals surface area contributed by atoms with Crippen molar-refractivity contribution in [3.05, 3.63) is 71.0 Å². The van der Waals surface area contributed by atoms with Gasteiger partial charge in [-0.05, 0) is 74.3 Å². The van der Waals surface area contributed by atoms with Gasteiger partial charge in [-0.3, -0.25) is 9.59 Å². The van der Waals surface area contributed by atoms with Gasteiger partial charge in [0.25, 0.3) is 11.8 Å². The molecule has 1 aromatic heterocycles. The molecular formula is C27H28N4O3. The number of phenolic OH excluding ortho intramolecular Hbond substituents is 1. The molecule has 1 fully saturated rings. The van der Waals surface area contributed by atoms with Gasteiger partial charge in [0.15, 0.2) is 0 Å². The predicted molar refractivity (Wildman–Crippen MR) is 134 cm³/mol. The number of likely N-dealkylation sites (tertiary alicyclic amines) is 1. The predicted octanol–water partition coefficient (Wildman–Crippen LogP) is 4.01. The zero-order chi connectivity index (χ0) is 23.7. The summed E-state index contributed by atoms with van der Waals surface area (Å²) >= 11 is 0. The van der Waals surface area contributed by atoms with Crippen LogP contribution in [0.3, 0.4) is 0 Å². The molecule has 0 bridgehead atoms. The largest absolute Gasteiger partial charge is 0.508 e. The first-order chi connectivity index (χ1) is 16.5. The summed E-state index contributed by atoms with van der Waals surface area (Å²) in [6.45, 7) is 5.50. The Morgan fingerprint density at radius 2 is 1.94 bits per heavy atom. The molecule has 3 aromatic rings. The molecule has 0 spiro atoms. The number of H-pyrrole nitrogens is 1. The highest BCUT2D eigenvalue weighted by Gasteiger charge is 2.28. The van der Waals surface area contributed by atoms with E-state index >= 15 is 0 Å². The van der Waals surface area contributed by atoms with Gasteiger partial charge in [0.1, 0.15) is 5.75 Å². The number of aromatic hydroxyl groups is 1. The molecular weight excluding hydrogens is 428 g/mol. The van der Waals surface area contributed by atoms with E-state index in [1.165, 1.54) is 12.8 Å². The minimum Gasteiger partial charge on any atom is -0.508 e. The number of carbonyl (C=O) groups is 2. The second-order valence-electron chi connectivity index (χ2n) is 8.87. The average molecular weight is 457 g/mol. The Kier molecular flexibility index (Phi) is 5.94. The fourth-order valence-electron chi connectivity index (χ4n) is 4.79. The van der Waals surface area contributed by atoms with E-state index in [1.54, 1.807) is 24.3 Å². The van der Waals surface area contributed by atoms with Crippen LogP contribution in [0.25, 0.3) is 22.8 Å². The van der Waals surface area contributed by atoms with Crippen LogP contribution in [0.5, 0.6) is 5.75 Å². The monoisotopic (exact) mass is 456 g/mol. The van der Waals surface area contributed by atoms with E-state index in [2.05, 4.69) is 20.5 Å². The maximum atomic E-state index is 13.0. The Morgan fingerprint density at radius 3 is 2.74 bits per heavy atom. The van der Waals surface area contributed by atoms with Crippen molar-refractivity contribution in [2.24, 2.45) is 0 Å². The van der Waals surface area contributed by atoms with Crippen LogP contribution in [0.4, 0.5) is 5.69 Å². The zero-order valence-electron chi connectivity index (χ0n) is 19.1. The molecule has 1 saturated heterocycles. The summed E-state index contributed by atoms with van der Waals surface area (Å²) in [5.74, 6) is -0.226. The van der Waals surface area contributed by atoms with Crippen molar-refractivity contribution in [2.75, 3.05) is 31.5 Å². The number of hydrogen-bond acceptors (Lipinski definition) is 4. The minimum atomic E-state index is -0.227. The van der Waals surface area contributed by atoms with E-state index in [4.69, 9.17) is 0 Å². The Labute approximate surface area is 198 Å². The number of fused-ring (bicyclic) bond motifs is 1. The first-order valence-corrected chi connectivity index (χ1v) is 11.7. The fraction of sp³-hybridized carbons (Fsp3) is 0.259. The van der Waals surface area contributed by atoms with Gasteiger partial charge in [0.2, 0.25) is 0 Å². The van der Waals surface area contributed by atoms with Crippen molar-refractivity contribution in [3.8, 4) is 16.9 Å². The van der Waals surface area contributed by atoms with Crippen LogP contribution in [-0.2, 0) is 4.79 Å². The van der Waals surface area contributed by atoms with Gasteiger partial charge in [-0.15, -0.1) is 0 Å². The number of carbonyl (C=O) groups excluding carboxylic acids is 2. The maximum Gasteiger partial charge on any atom is 0.256 e. The van der Waals surface area contributed by atoms with Crippen LogP contribution >= 0.6 is 0 Å². The molecule has 0 saturated carbocycles. The van der Waals surface area contributed by atoms with E-state index in [-0.39, 0.29) is 17.6 Å². The molecule has 2 aliphatic rings. The number of nitrogens with zero attached hydrogens (tertiary/aromatic N) is 1. The van der Waals surface area contributed by atoms with Crippen molar-refractivity contribution in [2.45, 2.75) is 19.8 Å². The Morgan fingerprint density at radius 1 is 1.15 bits per heavy atom. The topological polar surface area (TPSA) is 97.5 Å². The summed E-state index contributed by atoms with van der Waals surface area (Å²) in [5, 5.41) is 15.9. The van der Waals surface area contributed by atoms with Gasteiger partial charge in [0.05, 0.1) is 16.8 Å². The molecule has 7 nitrogen and oxygen atoms in total. The quantitative estimate of drug-likeness (QED) is 0.421.